The SMILES string of the molecule is Cc1ccc(S(=O)(=O)N2CCN([C@@H](C)C(=O)Nc3ccc(F)cc3)CC2)cc1. The fraction of sp³-hybridized carbons (Fsp3) is 0.350. The van der Waals surface area contributed by atoms with E-state index in [2.05, 4.69) is 5.32 Å². The normalized spacial score (nSPS) is 17.2. The molecule has 1 atom stereocenters. The van der Waals surface area contributed by atoms with Crippen molar-refractivity contribution in [2.24, 2.45) is 0 Å². The molecule has 3 rings (SSSR count). The molecule has 0 radical (unpaired) electrons. The smallest absolute Gasteiger partial charge is 0.243 e. The molecule has 6 nitrogen and oxygen atoms in total. The zero-order valence-corrected chi connectivity index (χ0v) is 16.7. The molecule has 1 amide bonds. The highest BCUT2D eigenvalue weighted by Crippen LogP contribution is 2.19. The summed E-state index contributed by atoms with van der Waals surface area (Å²) in [5, 5.41) is 2.76. The molecule has 0 bridgehead atoms. The first-order valence-electron chi connectivity index (χ1n) is 9.15. The maximum atomic E-state index is 13.0. The van der Waals surface area contributed by atoms with Crippen LogP contribution >= 0.6 is 0 Å². The minimum absolute atomic E-state index is 0.207. The van der Waals surface area contributed by atoms with Crippen molar-refractivity contribution in [2.45, 2.75) is 24.8 Å². The lowest BCUT2D eigenvalue weighted by molar-refractivity contribution is -0.121. The quantitative estimate of drug-likeness (QED) is 0.830. The van der Waals surface area contributed by atoms with E-state index in [-0.39, 0.29) is 16.6 Å². The number of benzene rings is 2. The molecule has 1 fully saturated rings. The van der Waals surface area contributed by atoms with Gasteiger partial charge in [-0.1, -0.05) is 17.7 Å². The molecule has 2 aromatic carbocycles. The summed E-state index contributed by atoms with van der Waals surface area (Å²) >= 11 is 0. The lowest BCUT2D eigenvalue weighted by Crippen LogP contribution is -2.53. The van der Waals surface area contributed by atoms with Crippen molar-refractivity contribution in [2.75, 3.05) is 31.5 Å². The molecule has 0 saturated carbocycles. The molecule has 1 aliphatic heterocycles. The highest BCUT2D eigenvalue weighted by molar-refractivity contribution is 7.89. The summed E-state index contributed by atoms with van der Waals surface area (Å²) in [6.07, 6.45) is 0. The number of sulfonamides is 1. The van der Waals surface area contributed by atoms with Gasteiger partial charge < -0.3 is 5.32 Å². The molecule has 1 saturated heterocycles. The predicted octanol–water partition coefficient (Wildman–Crippen LogP) is 2.47. The van der Waals surface area contributed by atoms with E-state index in [1.807, 2.05) is 11.8 Å². The van der Waals surface area contributed by atoms with Crippen LogP contribution in [-0.4, -0.2) is 55.8 Å². The van der Waals surface area contributed by atoms with Gasteiger partial charge in [-0.3, -0.25) is 9.69 Å². The fourth-order valence-electron chi connectivity index (χ4n) is 3.14. The molecule has 8 heteroatoms. The van der Waals surface area contributed by atoms with Gasteiger partial charge in [0.1, 0.15) is 5.82 Å². The van der Waals surface area contributed by atoms with Crippen LogP contribution in [0, 0.1) is 12.7 Å². The first kappa shape index (κ1) is 20.4. The van der Waals surface area contributed by atoms with Crippen LogP contribution < -0.4 is 5.32 Å². The molecule has 28 heavy (non-hydrogen) atoms. The number of carbonyl (C=O) groups excluding carboxylic acids is 1. The first-order valence-corrected chi connectivity index (χ1v) is 10.6. The zero-order chi connectivity index (χ0) is 20.3. The number of piperazine rings is 1. The van der Waals surface area contributed by atoms with Crippen LogP contribution in [0.25, 0.3) is 0 Å². The molecule has 2 aromatic rings. The van der Waals surface area contributed by atoms with E-state index in [0.29, 0.717) is 31.9 Å². The van der Waals surface area contributed by atoms with Crippen LogP contribution in [0.4, 0.5) is 10.1 Å². The Bertz CT molecular complexity index is 922. The number of aryl methyl sites for hydroxylation is 1. The minimum atomic E-state index is -3.53. The van der Waals surface area contributed by atoms with Crippen LogP contribution in [-0.2, 0) is 14.8 Å². The van der Waals surface area contributed by atoms with Gasteiger partial charge in [-0.2, -0.15) is 4.31 Å². The van der Waals surface area contributed by atoms with Gasteiger partial charge in [-0.05, 0) is 50.2 Å². The summed E-state index contributed by atoms with van der Waals surface area (Å²) < 4.78 is 40.0. The highest BCUT2D eigenvalue weighted by atomic mass is 32.2. The molecule has 1 heterocycles. The van der Waals surface area contributed by atoms with Crippen molar-refractivity contribution in [3.63, 3.8) is 0 Å². The maximum Gasteiger partial charge on any atom is 0.243 e. The number of hydrogen-bond donors (Lipinski definition) is 1. The number of rotatable bonds is 5. The molecule has 1 N–H and O–H groups in total. The van der Waals surface area contributed by atoms with E-state index < -0.39 is 16.1 Å². The number of carbonyl (C=O) groups is 1. The standard InChI is InChI=1S/C20H24FN3O3S/c1-15-3-9-19(10-4-15)28(26,27)24-13-11-23(12-14-24)16(2)20(25)22-18-7-5-17(21)6-8-18/h3-10,16H,11-14H2,1-2H3,(H,22,25)/t16-/m0/s1. The van der Waals surface area contributed by atoms with E-state index in [1.165, 1.54) is 28.6 Å². The second-order valence-electron chi connectivity index (χ2n) is 6.93. The van der Waals surface area contributed by atoms with Gasteiger partial charge in [-0.25, -0.2) is 12.8 Å². The Morgan fingerprint density at radius 3 is 2.14 bits per heavy atom. The van der Waals surface area contributed by atoms with Crippen molar-refractivity contribution in [1.29, 1.82) is 0 Å². The van der Waals surface area contributed by atoms with Gasteiger partial charge in [0.05, 0.1) is 10.9 Å². The summed E-state index contributed by atoms with van der Waals surface area (Å²) in [7, 11) is -3.53. The number of hydrogen-bond acceptors (Lipinski definition) is 4. The minimum Gasteiger partial charge on any atom is -0.325 e. The van der Waals surface area contributed by atoms with E-state index in [4.69, 9.17) is 0 Å². The van der Waals surface area contributed by atoms with Gasteiger partial charge >= 0.3 is 0 Å². The molecule has 0 unspecified atom stereocenters. The topological polar surface area (TPSA) is 69.7 Å². The van der Waals surface area contributed by atoms with Crippen molar-refractivity contribution in [3.05, 3.63) is 59.9 Å². The van der Waals surface area contributed by atoms with E-state index in [9.17, 15) is 17.6 Å². The maximum absolute atomic E-state index is 13.0. The first-order chi connectivity index (χ1) is 13.3. The van der Waals surface area contributed by atoms with Gasteiger partial charge in [0, 0.05) is 31.9 Å². The molecule has 0 aliphatic carbocycles. The Balaban J connectivity index is 1.58. The Kier molecular flexibility index (Phi) is 6.12. The van der Waals surface area contributed by atoms with Crippen LogP contribution in [0.15, 0.2) is 53.4 Å². The zero-order valence-electron chi connectivity index (χ0n) is 15.9. The van der Waals surface area contributed by atoms with E-state index >= 15 is 0 Å². The highest BCUT2D eigenvalue weighted by Gasteiger charge is 2.31. The van der Waals surface area contributed by atoms with E-state index in [0.717, 1.165) is 5.56 Å². The molecule has 1 aliphatic rings. The van der Waals surface area contributed by atoms with Gasteiger partial charge in [0.25, 0.3) is 0 Å². The molecular formula is C20H24FN3O3S. The predicted molar refractivity (Wildman–Crippen MR) is 106 cm³/mol. The van der Waals surface area contributed by atoms with Crippen LogP contribution in [0.2, 0.25) is 0 Å². The Hall–Kier alpha value is -2.29. The fourth-order valence-corrected chi connectivity index (χ4v) is 4.56. The molecule has 150 valence electrons. The largest absolute Gasteiger partial charge is 0.325 e. The third-order valence-corrected chi connectivity index (χ3v) is 6.88. The number of halogens is 1. The Morgan fingerprint density at radius 2 is 1.57 bits per heavy atom. The molecule has 0 spiro atoms. The van der Waals surface area contributed by atoms with Crippen LogP contribution in [0.3, 0.4) is 0 Å². The van der Waals surface area contributed by atoms with Gasteiger partial charge in [0.15, 0.2) is 0 Å². The van der Waals surface area contributed by atoms with Crippen molar-refractivity contribution >= 4 is 21.6 Å². The monoisotopic (exact) mass is 405 g/mol. The summed E-state index contributed by atoms with van der Waals surface area (Å²) in [6.45, 7) is 5.26. The summed E-state index contributed by atoms with van der Waals surface area (Å²) in [6, 6.07) is 12.0. The second-order valence-corrected chi connectivity index (χ2v) is 8.86. The van der Waals surface area contributed by atoms with Gasteiger partial charge in [-0.15, -0.1) is 0 Å². The van der Waals surface area contributed by atoms with Crippen LogP contribution in [0.5, 0.6) is 0 Å². The number of nitrogens with zero attached hydrogens (tertiary/aromatic N) is 2. The van der Waals surface area contributed by atoms with Gasteiger partial charge in [0.2, 0.25) is 15.9 Å². The van der Waals surface area contributed by atoms with Crippen LogP contribution in [0.1, 0.15) is 12.5 Å². The van der Waals surface area contributed by atoms with Crippen molar-refractivity contribution < 1.29 is 17.6 Å². The third-order valence-electron chi connectivity index (χ3n) is 4.97. The molecule has 0 aromatic heterocycles. The lowest BCUT2D eigenvalue weighted by Gasteiger charge is -2.36. The third kappa shape index (κ3) is 4.57. The van der Waals surface area contributed by atoms with Crippen molar-refractivity contribution in [1.82, 2.24) is 9.21 Å². The number of amides is 1. The average molecular weight is 405 g/mol. The average Bonchev–Trinajstić information content (AvgIpc) is 2.69. The Morgan fingerprint density at radius 1 is 1.00 bits per heavy atom. The summed E-state index contributed by atoms with van der Waals surface area (Å²) in [4.78, 5) is 14.7. The van der Waals surface area contributed by atoms with E-state index in [1.54, 1.807) is 31.2 Å². The molecular weight excluding hydrogens is 381 g/mol. The summed E-state index contributed by atoms with van der Waals surface area (Å²) in [5.41, 5.74) is 1.53. The summed E-state index contributed by atoms with van der Waals surface area (Å²) in [5.74, 6) is -0.571. The second kappa shape index (κ2) is 8.38. The number of nitrogens with one attached hydrogen (secondary N) is 1. The Labute approximate surface area is 165 Å². The lowest BCUT2D eigenvalue weighted by atomic mass is 10.2. The van der Waals surface area contributed by atoms with Crippen molar-refractivity contribution in [3.8, 4) is 0 Å². The number of anilines is 1.